The normalized spacial score (nSPS) is 10.9. The first-order valence-electron chi connectivity index (χ1n) is 11.6. The number of hydrogen-bond donors (Lipinski definition) is 1. The average molecular weight is 474 g/mol. The van der Waals surface area contributed by atoms with Crippen molar-refractivity contribution in [3.05, 3.63) is 83.2 Å². The third kappa shape index (κ3) is 5.40. The fourth-order valence-corrected chi connectivity index (χ4v) is 4.06. The van der Waals surface area contributed by atoms with Gasteiger partial charge in [-0.3, -0.25) is 4.79 Å². The first-order chi connectivity index (χ1) is 17.0. The van der Waals surface area contributed by atoms with Gasteiger partial charge in [0.2, 0.25) is 0 Å². The molecule has 1 N–H and O–H groups in total. The van der Waals surface area contributed by atoms with E-state index in [0.717, 1.165) is 28.2 Å². The van der Waals surface area contributed by atoms with Gasteiger partial charge < -0.3 is 24.1 Å². The lowest BCUT2D eigenvalue weighted by molar-refractivity contribution is 0.0953. The quantitative estimate of drug-likeness (QED) is 0.361. The molecule has 0 aliphatic rings. The Morgan fingerprint density at radius 3 is 2.54 bits per heavy atom. The number of hydrogen-bond acceptors (Lipinski definition) is 5. The van der Waals surface area contributed by atoms with Gasteiger partial charge in [-0.2, -0.15) is 0 Å². The molecule has 0 atom stereocenters. The molecule has 0 unspecified atom stereocenters. The zero-order valence-electron chi connectivity index (χ0n) is 20.6. The number of nitrogens with zero attached hydrogens (tertiary/aromatic N) is 2. The Labute approximate surface area is 205 Å². The molecule has 35 heavy (non-hydrogen) atoms. The maximum Gasteiger partial charge on any atom is 0.251 e. The Kier molecular flexibility index (Phi) is 7.55. The molecule has 0 saturated heterocycles. The first-order valence-corrected chi connectivity index (χ1v) is 11.6. The molecule has 1 amide bonds. The molecular weight excluding hydrogens is 442 g/mol. The van der Waals surface area contributed by atoms with Crippen LogP contribution in [0.4, 0.5) is 0 Å². The minimum atomic E-state index is -0.174. The van der Waals surface area contributed by atoms with Crippen LogP contribution in [0.15, 0.2) is 60.7 Å². The maximum absolute atomic E-state index is 12.7. The van der Waals surface area contributed by atoms with Crippen molar-refractivity contribution in [1.29, 1.82) is 0 Å². The van der Waals surface area contributed by atoms with Crippen molar-refractivity contribution in [2.24, 2.45) is 0 Å². The molecule has 0 radical (unpaired) electrons. The summed E-state index contributed by atoms with van der Waals surface area (Å²) in [7, 11) is 3.12. The number of aromatic nitrogens is 2. The number of nitrogens with one attached hydrogen (secondary N) is 1. The summed E-state index contributed by atoms with van der Waals surface area (Å²) in [6, 6.07) is 19.3. The Morgan fingerprint density at radius 2 is 1.74 bits per heavy atom. The van der Waals surface area contributed by atoms with Gasteiger partial charge >= 0.3 is 0 Å². The topological polar surface area (TPSA) is 74.6 Å². The molecule has 0 spiro atoms. The summed E-state index contributed by atoms with van der Waals surface area (Å²) in [5.41, 5.74) is 4.86. The van der Waals surface area contributed by atoms with E-state index in [9.17, 15) is 4.79 Å². The van der Waals surface area contributed by atoms with Crippen molar-refractivity contribution in [3.8, 4) is 17.2 Å². The van der Waals surface area contributed by atoms with E-state index < -0.39 is 0 Å². The molecule has 3 aromatic carbocycles. The van der Waals surface area contributed by atoms with E-state index in [0.29, 0.717) is 43.2 Å². The van der Waals surface area contributed by atoms with Crippen LogP contribution in [0.5, 0.6) is 17.2 Å². The van der Waals surface area contributed by atoms with Gasteiger partial charge in [-0.05, 0) is 61.4 Å². The van der Waals surface area contributed by atoms with Crippen LogP contribution in [-0.4, -0.2) is 42.8 Å². The molecule has 0 fully saturated rings. The second-order valence-corrected chi connectivity index (χ2v) is 8.29. The number of amides is 1. The molecule has 182 valence electrons. The van der Waals surface area contributed by atoms with E-state index in [1.165, 1.54) is 5.56 Å². The van der Waals surface area contributed by atoms with Gasteiger partial charge in [0.05, 0.1) is 31.8 Å². The second-order valence-electron chi connectivity index (χ2n) is 8.29. The number of methoxy groups -OCH3 is 2. The molecule has 4 rings (SSSR count). The number of para-hydroxylation sites is 2. The van der Waals surface area contributed by atoms with Gasteiger partial charge in [-0.15, -0.1) is 0 Å². The Morgan fingerprint density at radius 1 is 0.943 bits per heavy atom. The van der Waals surface area contributed by atoms with Crippen LogP contribution in [-0.2, 0) is 13.0 Å². The van der Waals surface area contributed by atoms with Crippen LogP contribution < -0.4 is 19.5 Å². The van der Waals surface area contributed by atoms with Gasteiger partial charge in [-0.25, -0.2) is 4.98 Å². The first kappa shape index (κ1) is 24.1. The number of aryl methyl sites for hydroxylation is 1. The van der Waals surface area contributed by atoms with Crippen molar-refractivity contribution >= 4 is 16.9 Å². The minimum Gasteiger partial charge on any atom is -0.493 e. The van der Waals surface area contributed by atoms with E-state index in [4.69, 9.17) is 19.2 Å². The minimum absolute atomic E-state index is 0.174. The molecule has 0 saturated carbocycles. The fraction of sp³-hybridized carbons (Fsp3) is 0.286. The van der Waals surface area contributed by atoms with Gasteiger partial charge in [0.15, 0.2) is 11.5 Å². The smallest absolute Gasteiger partial charge is 0.251 e. The van der Waals surface area contributed by atoms with Gasteiger partial charge in [0, 0.05) is 18.5 Å². The van der Waals surface area contributed by atoms with Gasteiger partial charge in [0.1, 0.15) is 18.2 Å². The van der Waals surface area contributed by atoms with Crippen LogP contribution in [0.1, 0.15) is 27.3 Å². The van der Waals surface area contributed by atoms with Crippen LogP contribution >= 0.6 is 0 Å². The number of imidazole rings is 1. The molecule has 4 aromatic rings. The molecule has 7 heteroatoms. The molecule has 1 aromatic heterocycles. The zero-order valence-corrected chi connectivity index (χ0v) is 20.6. The van der Waals surface area contributed by atoms with E-state index in [1.54, 1.807) is 32.4 Å². The Hall–Kier alpha value is -4.00. The summed E-state index contributed by atoms with van der Waals surface area (Å²) in [4.78, 5) is 17.5. The second kappa shape index (κ2) is 11.0. The van der Waals surface area contributed by atoms with Gasteiger partial charge in [0.25, 0.3) is 5.91 Å². The molecule has 7 nitrogen and oxygen atoms in total. The van der Waals surface area contributed by atoms with E-state index in [2.05, 4.69) is 35.9 Å². The number of ether oxygens (including phenoxy) is 3. The number of carbonyl (C=O) groups is 1. The van der Waals surface area contributed by atoms with Crippen molar-refractivity contribution < 1.29 is 19.0 Å². The highest BCUT2D eigenvalue weighted by atomic mass is 16.5. The number of benzene rings is 3. The lowest BCUT2D eigenvalue weighted by Gasteiger charge is -2.14. The summed E-state index contributed by atoms with van der Waals surface area (Å²) in [5, 5.41) is 2.98. The molecule has 0 aliphatic heterocycles. The third-order valence-corrected chi connectivity index (χ3v) is 6.14. The fourth-order valence-electron chi connectivity index (χ4n) is 4.06. The number of fused-ring (bicyclic) bond motifs is 1. The van der Waals surface area contributed by atoms with Crippen LogP contribution in [0, 0.1) is 13.8 Å². The summed E-state index contributed by atoms with van der Waals surface area (Å²) in [6.45, 7) is 5.79. The molecule has 1 heterocycles. The predicted molar refractivity (Wildman–Crippen MR) is 137 cm³/mol. The van der Waals surface area contributed by atoms with Gasteiger partial charge in [-0.1, -0.05) is 24.3 Å². The summed E-state index contributed by atoms with van der Waals surface area (Å²) in [5.74, 6) is 2.74. The highest BCUT2D eigenvalue weighted by molar-refractivity contribution is 5.94. The van der Waals surface area contributed by atoms with Crippen molar-refractivity contribution in [3.63, 3.8) is 0 Å². The lowest BCUT2D eigenvalue weighted by Crippen LogP contribution is -2.26. The van der Waals surface area contributed by atoms with Crippen molar-refractivity contribution in [1.82, 2.24) is 14.9 Å². The van der Waals surface area contributed by atoms with E-state index >= 15 is 0 Å². The Balaban J connectivity index is 1.43. The highest BCUT2D eigenvalue weighted by Gasteiger charge is 2.13. The summed E-state index contributed by atoms with van der Waals surface area (Å²) < 4.78 is 18.8. The molecule has 0 bridgehead atoms. The third-order valence-electron chi connectivity index (χ3n) is 6.14. The van der Waals surface area contributed by atoms with Crippen LogP contribution in [0.3, 0.4) is 0 Å². The van der Waals surface area contributed by atoms with Crippen molar-refractivity contribution in [2.75, 3.05) is 27.4 Å². The van der Waals surface area contributed by atoms with Crippen molar-refractivity contribution in [2.45, 2.75) is 26.8 Å². The average Bonchev–Trinajstić information content (AvgIpc) is 3.23. The molecule has 0 aliphatic carbocycles. The van der Waals surface area contributed by atoms with E-state index in [1.807, 2.05) is 30.3 Å². The van der Waals surface area contributed by atoms with E-state index in [-0.39, 0.29) is 5.91 Å². The lowest BCUT2D eigenvalue weighted by atomic mass is 10.1. The maximum atomic E-state index is 12.7. The van der Waals surface area contributed by atoms with Crippen LogP contribution in [0.25, 0.3) is 11.0 Å². The monoisotopic (exact) mass is 473 g/mol. The summed E-state index contributed by atoms with van der Waals surface area (Å²) >= 11 is 0. The summed E-state index contributed by atoms with van der Waals surface area (Å²) in [6.07, 6.45) is 0.594. The SMILES string of the molecule is COc1ccc(C(=O)NCCc2nc3ccccc3n2CCOc2cccc(C)c2C)cc1OC. The highest BCUT2D eigenvalue weighted by Crippen LogP contribution is 2.27. The predicted octanol–water partition coefficient (Wildman–Crippen LogP) is 4.72. The largest absolute Gasteiger partial charge is 0.493 e. The Bertz CT molecular complexity index is 1330. The standard InChI is InChI=1S/C28H31N3O4/c1-19-8-7-11-24(20(19)2)35-17-16-31-23-10-6-5-9-22(23)30-27(31)14-15-29-28(32)21-12-13-25(33-3)26(18-21)34-4/h5-13,18H,14-17H2,1-4H3,(H,29,32). The number of carbonyl (C=O) groups excluding carboxylic acids is 1. The zero-order chi connectivity index (χ0) is 24.8. The molecular formula is C28H31N3O4. The van der Waals surface area contributed by atoms with Crippen LogP contribution in [0.2, 0.25) is 0 Å². The number of rotatable bonds is 10.